The van der Waals surface area contributed by atoms with E-state index in [1.807, 2.05) is 48.2 Å². The number of carbonyl (C=O) groups excluding carboxylic acids is 1. The Kier molecular flexibility index (Phi) is 11.2. The molecule has 1 saturated heterocycles. The number of thioether (sulfide) groups is 2. The Balaban J connectivity index is 0.00000385. The zero-order valence-corrected chi connectivity index (χ0v) is 23.7. The number of anilines is 1. The van der Waals surface area contributed by atoms with Gasteiger partial charge in [-0.05, 0) is 49.6 Å². The minimum Gasteiger partial charge on any atom is -0.748 e. The minimum absolute atomic E-state index is 0. The van der Waals surface area contributed by atoms with Crippen LogP contribution in [-0.4, -0.2) is 58.7 Å². The predicted molar refractivity (Wildman–Crippen MR) is 132 cm³/mol. The molecular formula is C21H23N2NaO5S4. The van der Waals surface area contributed by atoms with Crippen LogP contribution in [0.25, 0.3) is 0 Å². The van der Waals surface area contributed by atoms with Gasteiger partial charge in [0.15, 0.2) is 0 Å². The fourth-order valence-corrected chi connectivity index (χ4v) is 6.12. The van der Waals surface area contributed by atoms with Gasteiger partial charge in [-0.3, -0.25) is 9.69 Å². The van der Waals surface area contributed by atoms with Gasteiger partial charge < -0.3 is 14.6 Å². The molecule has 0 spiro atoms. The second kappa shape index (κ2) is 12.9. The second-order valence-corrected chi connectivity index (χ2v) is 11.4. The van der Waals surface area contributed by atoms with Crippen molar-refractivity contribution < 1.29 is 52.4 Å². The Morgan fingerprint density at radius 3 is 2.58 bits per heavy atom. The molecule has 1 N–H and O–H groups in total. The van der Waals surface area contributed by atoms with Gasteiger partial charge in [0.25, 0.3) is 5.91 Å². The number of nitrogens with zero attached hydrogens (tertiary/aromatic N) is 2. The first-order valence-corrected chi connectivity index (χ1v) is 13.5. The van der Waals surface area contributed by atoms with Crippen molar-refractivity contribution in [2.45, 2.75) is 24.7 Å². The average molecular weight is 535 g/mol. The summed E-state index contributed by atoms with van der Waals surface area (Å²) < 4.78 is 33.4. The molecule has 2 aliphatic heterocycles. The van der Waals surface area contributed by atoms with Crippen molar-refractivity contribution in [2.75, 3.05) is 30.3 Å². The van der Waals surface area contributed by atoms with E-state index in [1.165, 1.54) is 16.7 Å². The number of benzene rings is 1. The van der Waals surface area contributed by atoms with Crippen LogP contribution in [0.15, 0.2) is 62.9 Å². The third-order valence-electron chi connectivity index (χ3n) is 4.67. The topological polar surface area (TPSA) is 101 Å². The number of aliphatic hydroxyl groups is 1. The summed E-state index contributed by atoms with van der Waals surface area (Å²) in [6.07, 6.45) is 6.32. The number of thiocarbonyl (C=S) groups is 1. The number of hydrogen-bond acceptors (Lipinski definition) is 9. The predicted octanol–water partition coefficient (Wildman–Crippen LogP) is 0.452. The smallest absolute Gasteiger partial charge is 0.748 e. The number of rotatable bonds is 9. The van der Waals surface area contributed by atoms with Crippen molar-refractivity contribution in [1.82, 2.24) is 4.90 Å². The van der Waals surface area contributed by atoms with Crippen LogP contribution in [0.1, 0.15) is 19.8 Å². The van der Waals surface area contributed by atoms with Crippen LogP contribution in [0.4, 0.5) is 5.69 Å². The van der Waals surface area contributed by atoms with Gasteiger partial charge in [0.1, 0.15) is 4.32 Å². The number of aliphatic hydroxyl groups excluding tert-OH is 1. The summed E-state index contributed by atoms with van der Waals surface area (Å²) >= 11 is 8.09. The first kappa shape index (κ1) is 28.6. The summed E-state index contributed by atoms with van der Waals surface area (Å²) in [7, 11) is -4.26. The number of amides is 1. The molecule has 0 aliphatic carbocycles. The molecule has 1 aromatic carbocycles. The molecule has 1 fully saturated rings. The summed E-state index contributed by atoms with van der Waals surface area (Å²) in [6.45, 7) is 2.69. The zero-order chi connectivity index (χ0) is 23.3. The van der Waals surface area contributed by atoms with Crippen molar-refractivity contribution in [1.29, 1.82) is 0 Å². The first-order chi connectivity index (χ1) is 15.2. The number of allylic oxidation sites excluding steroid dienone is 4. The number of carbonyl (C=O) groups is 1. The van der Waals surface area contributed by atoms with E-state index in [-0.39, 0.29) is 48.5 Å². The van der Waals surface area contributed by atoms with Gasteiger partial charge >= 0.3 is 29.6 Å². The number of hydrogen-bond donors (Lipinski definition) is 1. The molecule has 1 aromatic rings. The van der Waals surface area contributed by atoms with Gasteiger partial charge in [0, 0.05) is 30.3 Å². The third-order valence-corrected chi connectivity index (χ3v) is 7.97. The van der Waals surface area contributed by atoms with Gasteiger partial charge in [-0.2, -0.15) is 0 Å². The van der Waals surface area contributed by atoms with Crippen molar-refractivity contribution in [3.05, 3.63) is 58.0 Å². The molecule has 0 bridgehead atoms. The van der Waals surface area contributed by atoms with Gasteiger partial charge in [-0.1, -0.05) is 54.0 Å². The summed E-state index contributed by atoms with van der Waals surface area (Å²) in [5.41, 5.74) is 1.83. The van der Waals surface area contributed by atoms with E-state index >= 15 is 0 Å². The maximum atomic E-state index is 12.6. The Labute approximate surface area is 230 Å². The maximum Gasteiger partial charge on any atom is 1.00 e. The van der Waals surface area contributed by atoms with E-state index in [0.29, 0.717) is 28.7 Å². The average Bonchev–Trinajstić information content (AvgIpc) is 3.21. The van der Waals surface area contributed by atoms with Crippen LogP contribution in [0.3, 0.4) is 0 Å². The first-order valence-electron chi connectivity index (χ1n) is 9.92. The molecule has 0 radical (unpaired) electrons. The van der Waals surface area contributed by atoms with Crippen LogP contribution in [0.2, 0.25) is 0 Å². The summed E-state index contributed by atoms with van der Waals surface area (Å²) in [5.74, 6) is -0.562. The van der Waals surface area contributed by atoms with Gasteiger partial charge in [-0.15, -0.1) is 0 Å². The second-order valence-electron chi connectivity index (χ2n) is 7.16. The van der Waals surface area contributed by atoms with E-state index in [2.05, 4.69) is 0 Å². The fraction of sp³-hybridized carbons (Fsp3) is 0.333. The summed E-state index contributed by atoms with van der Waals surface area (Å²) in [6, 6.07) is 7.81. The Morgan fingerprint density at radius 2 is 1.88 bits per heavy atom. The number of para-hydroxylation sites is 1. The molecule has 3 rings (SSSR count). The zero-order valence-electron chi connectivity index (χ0n) is 18.4. The monoisotopic (exact) mass is 534 g/mol. The molecule has 1 amide bonds. The van der Waals surface area contributed by atoms with Crippen LogP contribution in [0.5, 0.6) is 0 Å². The molecule has 2 aliphatic rings. The minimum atomic E-state index is -4.26. The van der Waals surface area contributed by atoms with Crippen molar-refractivity contribution in [3.63, 3.8) is 0 Å². The molecule has 2 heterocycles. The normalized spacial score (nSPS) is 18.9. The molecule has 7 nitrogen and oxygen atoms in total. The van der Waals surface area contributed by atoms with E-state index in [9.17, 15) is 17.8 Å². The van der Waals surface area contributed by atoms with Gasteiger partial charge in [0.05, 0.1) is 25.7 Å². The summed E-state index contributed by atoms with van der Waals surface area (Å²) in [4.78, 5) is 17.7. The van der Waals surface area contributed by atoms with Crippen LogP contribution >= 0.6 is 35.7 Å². The number of fused-ring (bicyclic) bond motifs is 1. The molecule has 0 unspecified atom stereocenters. The van der Waals surface area contributed by atoms with E-state index in [1.54, 1.807) is 17.8 Å². The molecule has 172 valence electrons. The molecule has 0 atom stereocenters. The van der Waals surface area contributed by atoms with Crippen molar-refractivity contribution in [3.8, 4) is 0 Å². The van der Waals surface area contributed by atoms with Crippen LogP contribution in [-0.2, 0) is 14.9 Å². The SMILES string of the molecule is CC(=C\C=C1/Sc2ccccc2N1CCCS(=O)(=O)[O-])/C=C1/SC(=S)N(CCCO)C1=O.[Na+]. The van der Waals surface area contributed by atoms with Crippen LogP contribution in [0, 0.1) is 0 Å². The van der Waals surface area contributed by atoms with Crippen molar-refractivity contribution in [2.24, 2.45) is 0 Å². The van der Waals surface area contributed by atoms with Crippen LogP contribution < -0.4 is 34.5 Å². The maximum absolute atomic E-state index is 12.6. The molecule has 33 heavy (non-hydrogen) atoms. The van der Waals surface area contributed by atoms with Gasteiger partial charge in [0.2, 0.25) is 0 Å². The standard InChI is InChI=1S/C21H24N2O5S4.Na/c1-15(14-18-20(25)23(10-4-12-24)21(29)31-18)8-9-19-22(11-5-13-32(26,27)28)16-6-2-3-7-17(16)30-19;/h2-3,6-9,14,24H,4-5,10-13H2,1H3,(H,26,27,28);/q;+1/p-1/b15-8+,18-14+,19-9-;. The Morgan fingerprint density at radius 1 is 1.18 bits per heavy atom. The van der Waals surface area contributed by atoms with E-state index in [4.69, 9.17) is 17.3 Å². The summed E-state index contributed by atoms with van der Waals surface area (Å²) in [5, 5.41) is 9.91. The largest absolute Gasteiger partial charge is 1.00 e. The molecule has 0 aromatic heterocycles. The molecule has 0 saturated carbocycles. The molecule has 12 heteroatoms. The Hall–Kier alpha value is -0.630. The van der Waals surface area contributed by atoms with Crippen molar-refractivity contribution >= 4 is 61.8 Å². The fourth-order valence-electron chi connectivity index (χ4n) is 3.19. The van der Waals surface area contributed by atoms with E-state index < -0.39 is 15.9 Å². The Bertz CT molecular complexity index is 1100. The van der Waals surface area contributed by atoms with E-state index in [0.717, 1.165) is 21.2 Å². The quantitative estimate of drug-likeness (QED) is 0.210. The molecular weight excluding hydrogens is 511 g/mol. The third kappa shape index (κ3) is 7.94. The van der Waals surface area contributed by atoms with Gasteiger partial charge in [-0.25, -0.2) is 8.42 Å².